The molecule has 0 aromatic heterocycles. The summed E-state index contributed by atoms with van der Waals surface area (Å²) in [6.45, 7) is 1.92. The number of nitrogens with two attached hydrogens (primary N) is 1. The van der Waals surface area contributed by atoms with Gasteiger partial charge in [0.25, 0.3) is 5.91 Å². The van der Waals surface area contributed by atoms with Crippen LogP contribution in [0.25, 0.3) is 0 Å². The van der Waals surface area contributed by atoms with Gasteiger partial charge in [0.2, 0.25) is 0 Å². The molecule has 0 aliphatic rings. The molecule has 0 heterocycles. The molecule has 104 valence electrons. The minimum Gasteiger partial charge on any atom is -0.469 e. The lowest BCUT2D eigenvalue weighted by molar-refractivity contribution is -0.145. The van der Waals surface area contributed by atoms with E-state index in [1.807, 2.05) is 0 Å². The van der Waals surface area contributed by atoms with Crippen molar-refractivity contribution < 1.29 is 14.3 Å². The van der Waals surface area contributed by atoms with Gasteiger partial charge in [-0.3, -0.25) is 9.59 Å². The molecule has 0 saturated carbocycles. The normalized spacial score (nSPS) is 11.8. The molecule has 1 amide bonds. The van der Waals surface area contributed by atoms with E-state index in [2.05, 4.69) is 4.74 Å². The van der Waals surface area contributed by atoms with E-state index in [1.165, 1.54) is 12.0 Å². The predicted octanol–water partition coefficient (Wildman–Crippen LogP) is 1.80. The van der Waals surface area contributed by atoms with Gasteiger partial charge in [0, 0.05) is 19.3 Å². The largest absolute Gasteiger partial charge is 0.469 e. The first kappa shape index (κ1) is 15.3. The highest BCUT2D eigenvalue weighted by molar-refractivity contribution is 6.34. The van der Waals surface area contributed by atoms with Gasteiger partial charge in [-0.05, 0) is 12.1 Å². The number of methoxy groups -OCH3 is 1. The number of esters is 1. The number of anilines is 1. The second-order valence-corrected chi connectivity index (χ2v) is 4.72. The summed E-state index contributed by atoms with van der Waals surface area (Å²) in [7, 11) is 2.90. The van der Waals surface area contributed by atoms with Gasteiger partial charge in [0.1, 0.15) is 0 Å². The molecule has 0 radical (unpaired) electrons. The second-order valence-electron chi connectivity index (χ2n) is 4.31. The van der Waals surface area contributed by atoms with Crippen molar-refractivity contribution in [3.8, 4) is 0 Å². The highest BCUT2D eigenvalue weighted by Gasteiger charge is 2.22. The molecule has 0 aliphatic heterocycles. The van der Waals surface area contributed by atoms with Gasteiger partial charge in [-0.15, -0.1) is 0 Å². The summed E-state index contributed by atoms with van der Waals surface area (Å²) >= 11 is 5.98. The minimum absolute atomic E-state index is 0.232. The highest BCUT2D eigenvalue weighted by atomic mass is 35.5. The Morgan fingerprint density at radius 1 is 1.47 bits per heavy atom. The average molecular weight is 285 g/mol. The Morgan fingerprint density at radius 3 is 2.63 bits per heavy atom. The van der Waals surface area contributed by atoms with Gasteiger partial charge >= 0.3 is 5.97 Å². The number of carbonyl (C=O) groups excluding carboxylic acids is 2. The Bertz CT molecular complexity index is 471. The molecular weight excluding hydrogens is 268 g/mol. The number of carbonyl (C=O) groups is 2. The van der Waals surface area contributed by atoms with E-state index in [9.17, 15) is 9.59 Å². The highest BCUT2D eigenvalue weighted by Crippen LogP contribution is 2.23. The van der Waals surface area contributed by atoms with Crippen LogP contribution in [0, 0.1) is 5.92 Å². The van der Waals surface area contributed by atoms with Gasteiger partial charge in [0.05, 0.1) is 23.6 Å². The SMILES string of the molecule is COC(=O)C(C)CN(C)C(=O)c1c(N)cccc1Cl. The van der Waals surface area contributed by atoms with E-state index >= 15 is 0 Å². The predicted molar refractivity (Wildman–Crippen MR) is 74.0 cm³/mol. The zero-order valence-electron chi connectivity index (χ0n) is 11.1. The summed E-state index contributed by atoms with van der Waals surface area (Å²) in [5.74, 6) is -1.10. The van der Waals surface area contributed by atoms with Crippen LogP contribution < -0.4 is 5.73 Å². The number of ether oxygens (including phenoxy) is 1. The van der Waals surface area contributed by atoms with E-state index in [0.717, 1.165) is 0 Å². The molecule has 6 heteroatoms. The monoisotopic (exact) mass is 284 g/mol. The molecule has 2 N–H and O–H groups in total. The molecule has 1 rings (SSSR count). The van der Waals surface area contributed by atoms with Gasteiger partial charge in [-0.25, -0.2) is 0 Å². The fourth-order valence-electron chi connectivity index (χ4n) is 1.73. The molecule has 1 atom stereocenters. The maximum absolute atomic E-state index is 12.2. The zero-order valence-corrected chi connectivity index (χ0v) is 11.9. The molecule has 1 unspecified atom stereocenters. The topological polar surface area (TPSA) is 72.6 Å². The summed E-state index contributed by atoms with van der Waals surface area (Å²) in [6, 6.07) is 4.88. The molecule has 0 fully saturated rings. The van der Waals surface area contributed by atoms with Crippen LogP contribution >= 0.6 is 11.6 Å². The number of amides is 1. The number of hydrogen-bond donors (Lipinski definition) is 1. The summed E-state index contributed by atoms with van der Waals surface area (Å²) in [6.07, 6.45) is 0. The van der Waals surface area contributed by atoms with Crippen molar-refractivity contribution in [3.05, 3.63) is 28.8 Å². The number of rotatable bonds is 4. The van der Waals surface area contributed by atoms with E-state index in [4.69, 9.17) is 17.3 Å². The summed E-state index contributed by atoms with van der Waals surface area (Å²) in [4.78, 5) is 25.0. The Morgan fingerprint density at radius 2 is 2.11 bits per heavy atom. The van der Waals surface area contributed by atoms with Crippen LogP contribution in [0.4, 0.5) is 5.69 Å². The summed E-state index contributed by atoms with van der Waals surface area (Å²) in [5.41, 5.74) is 6.32. The standard InChI is InChI=1S/C13H17ClN2O3/c1-8(13(18)19-3)7-16(2)12(17)11-9(14)5-4-6-10(11)15/h4-6,8H,7,15H2,1-3H3. The molecule has 5 nitrogen and oxygen atoms in total. The van der Waals surface area contributed by atoms with E-state index in [-0.39, 0.29) is 24.0 Å². The Kier molecular flexibility index (Phi) is 5.18. The van der Waals surface area contributed by atoms with Crippen LogP contribution in [-0.4, -0.2) is 37.5 Å². The van der Waals surface area contributed by atoms with Crippen LogP contribution in [0.5, 0.6) is 0 Å². The van der Waals surface area contributed by atoms with Gasteiger partial charge in [-0.2, -0.15) is 0 Å². The maximum atomic E-state index is 12.2. The van der Waals surface area contributed by atoms with Crippen molar-refractivity contribution >= 4 is 29.2 Å². The Hall–Kier alpha value is -1.75. The fourth-order valence-corrected chi connectivity index (χ4v) is 1.99. The van der Waals surface area contributed by atoms with E-state index < -0.39 is 5.92 Å². The fraction of sp³-hybridized carbons (Fsp3) is 0.385. The molecule has 1 aromatic carbocycles. The first-order chi connectivity index (χ1) is 8.88. The maximum Gasteiger partial charge on any atom is 0.310 e. The number of hydrogen-bond acceptors (Lipinski definition) is 4. The van der Waals surface area contributed by atoms with Gasteiger partial charge < -0.3 is 15.4 Å². The zero-order chi connectivity index (χ0) is 14.6. The van der Waals surface area contributed by atoms with Crippen LogP contribution in [0.1, 0.15) is 17.3 Å². The first-order valence-corrected chi connectivity index (χ1v) is 6.13. The molecule has 0 bridgehead atoms. The Balaban J connectivity index is 2.86. The molecule has 1 aromatic rings. The molecule has 0 spiro atoms. The second kappa shape index (κ2) is 6.43. The van der Waals surface area contributed by atoms with Crippen LogP contribution in [0.3, 0.4) is 0 Å². The quantitative estimate of drug-likeness (QED) is 0.676. The van der Waals surface area contributed by atoms with Crippen LogP contribution in [0.15, 0.2) is 18.2 Å². The first-order valence-electron chi connectivity index (χ1n) is 5.75. The lowest BCUT2D eigenvalue weighted by Gasteiger charge is -2.21. The average Bonchev–Trinajstić information content (AvgIpc) is 2.37. The number of halogens is 1. The third-order valence-corrected chi connectivity index (χ3v) is 3.07. The summed E-state index contributed by atoms with van der Waals surface area (Å²) < 4.78 is 4.62. The van der Waals surface area contributed by atoms with Crippen molar-refractivity contribution in [1.29, 1.82) is 0 Å². The van der Waals surface area contributed by atoms with Crippen LogP contribution in [-0.2, 0) is 9.53 Å². The van der Waals surface area contributed by atoms with Crippen LogP contribution in [0.2, 0.25) is 5.02 Å². The molecule has 0 aliphatic carbocycles. The minimum atomic E-state index is -0.414. The number of nitrogens with zero attached hydrogens (tertiary/aromatic N) is 1. The van der Waals surface area contributed by atoms with Crippen molar-refractivity contribution in [2.45, 2.75) is 6.92 Å². The van der Waals surface area contributed by atoms with Crippen molar-refractivity contribution in [3.63, 3.8) is 0 Å². The smallest absolute Gasteiger partial charge is 0.310 e. The van der Waals surface area contributed by atoms with E-state index in [1.54, 1.807) is 32.2 Å². The molecule has 0 saturated heterocycles. The number of nitrogen functional groups attached to an aromatic ring is 1. The lowest BCUT2D eigenvalue weighted by Crippen LogP contribution is -2.34. The Labute approximate surface area is 117 Å². The lowest BCUT2D eigenvalue weighted by atomic mass is 10.1. The van der Waals surface area contributed by atoms with E-state index in [0.29, 0.717) is 10.7 Å². The molecule has 19 heavy (non-hydrogen) atoms. The number of benzene rings is 1. The third-order valence-electron chi connectivity index (χ3n) is 2.76. The van der Waals surface area contributed by atoms with Crippen molar-refractivity contribution in [2.24, 2.45) is 5.92 Å². The third kappa shape index (κ3) is 3.61. The van der Waals surface area contributed by atoms with Gasteiger partial charge in [0.15, 0.2) is 0 Å². The van der Waals surface area contributed by atoms with Gasteiger partial charge in [-0.1, -0.05) is 24.6 Å². The van der Waals surface area contributed by atoms with Crippen molar-refractivity contribution in [1.82, 2.24) is 4.90 Å². The summed E-state index contributed by atoms with van der Waals surface area (Å²) in [5, 5.41) is 0.294. The molecular formula is C13H17ClN2O3. The van der Waals surface area contributed by atoms with Crippen molar-refractivity contribution in [2.75, 3.05) is 26.4 Å².